The lowest BCUT2D eigenvalue weighted by atomic mass is 10.2. The molecule has 0 radical (unpaired) electrons. The summed E-state index contributed by atoms with van der Waals surface area (Å²) in [4.78, 5) is 16.6. The van der Waals surface area contributed by atoms with E-state index < -0.39 is 30.0 Å². The molecule has 4 rings (SSSR count). The summed E-state index contributed by atoms with van der Waals surface area (Å²) in [6, 6.07) is 9.35. The van der Waals surface area contributed by atoms with Crippen molar-refractivity contribution in [2.75, 3.05) is 5.32 Å². The van der Waals surface area contributed by atoms with Crippen molar-refractivity contribution < 1.29 is 22.3 Å². The van der Waals surface area contributed by atoms with Crippen LogP contribution >= 0.6 is 11.6 Å². The number of ether oxygens (including phenoxy) is 1. The minimum absolute atomic E-state index is 0.0898. The molecule has 2 atom stereocenters. The Morgan fingerprint density at radius 3 is 2.57 bits per heavy atom. The van der Waals surface area contributed by atoms with E-state index in [0.717, 1.165) is 16.7 Å². The Morgan fingerprint density at radius 2 is 1.93 bits per heavy atom. The first-order chi connectivity index (χ1) is 13.2. The molecule has 146 valence electrons. The number of rotatable bonds is 4. The Bertz CT molecular complexity index is 1120. The van der Waals surface area contributed by atoms with E-state index in [4.69, 9.17) is 11.6 Å². The van der Waals surface area contributed by atoms with Crippen molar-refractivity contribution in [1.29, 1.82) is 0 Å². The summed E-state index contributed by atoms with van der Waals surface area (Å²) in [5.74, 6) is -0.417. The van der Waals surface area contributed by atoms with Crippen molar-refractivity contribution >= 4 is 28.3 Å². The molecule has 1 aliphatic rings. The number of fused-ring (bicyclic) bond motifs is 1. The molecular weight excluding hydrogens is 402 g/mol. The van der Waals surface area contributed by atoms with Gasteiger partial charge in [0.05, 0.1) is 22.3 Å². The van der Waals surface area contributed by atoms with Crippen molar-refractivity contribution in [3.05, 3.63) is 58.0 Å². The lowest BCUT2D eigenvalue weighted by Gasteiger charge is -2.16. The van der Waals surface area contributed by atoms with Gasteiger partial charge in [0.15, 0.2) is 0 Å². The van der Waals surface area contributed by atoms with Crippen LogP contribution in [0.1, 0.15) is 6.42 Å². The number of benzene rings is 2. The van der Waals surface area contributed by atoms with E-state index in [1.165, 1.54) is 18.2 Å². The summed E-state index contributed by atoms with van der Waals surface area (Å²) < 4.78 is 56.2. The van der Waals surface area contributed by atoms with Gasteiger partial charge in [-0.2, -0.15) is 4.98 Å². The molecule has 0 spiro atoms. The molecule has 2 aromatic carbocycles. The van der Waals surface area contributed by atoms with Crippen LogP contribution in [0.25, 0.3) is 16.6 Å². The van der Waals surface area contributed by atoms with Crippen molar-refractivity contribution in [2.45, 2.75) is 25.0 Å². The molecule has 1 heterocycles. The Balaban J connectivity index is 1.95. The van der Waals surface area contributed by atoms with E-state index >= 15 is 0 Å². The molecule has 3 aromatic rings. The van der Waals surface area contributed by atoms with E-state index in [9.17, 15) is 22.4 Å². The van der Waals surface area contributed by atoms with Crippen molar-refractivity contribution in [3.8, 4) is 11.4 Å². The quantitative estimate of drug-likeness (QED) is 0.642. The second kappa shape index (κ2) is 6.66. The van der Waals surface area contributed by atoms with Gasteiger partial charge in [-0.05, 0) is 24.3 Å². The lowest BCUT2D eigenvalue weighted by molar-refractivity contribution is -0.274. The Labute approximate surface area is 160 Å². The number of hydrogen-bond donors (Lipinski definition) is 1. The van der Waals surface area contributed by atoms with Crippen LogP contribution in [-0.2, 0) is 0 Å². The number of nitrogens with one attached hydrogen (secondary N) is 1. The monoisotopic (exact) mass is 413 g/mol. The number of hydrogen-bond acceptors (Lipinski definition) is 4. The van der Waals surface area contributed by atoms with E-state index in [2.05, 4.69) is 15.0 Å². The van der Waals surface area contributed by atoms with E-state index in [1.807, 2.05) is 0 Å². The third-order valence-corrected chi connectivity index (χ3v) is 4.55. The van der Waals surface area contributed by atoms with Gasteiger partial charge in [-0.15, -0.1) is 13.2 Å². The maximum atomic E-state index is 13.3. The summed E-state index contributed by atoms with van der Waals surface area (Å²) in [6.07, 6.45) is -5.69. The average molecular weight is 414 g/mol. The summed E-state index contributed by atoms with van der Waals surface area (Å²) in [5, 5.41) is 3.35. The van der Waals surface area contributed by atoms with Crippen LogP contribution in [0.2, 0.25) is 5.02 Å². The average Bonchev–Trinajstić information content (AvgIpc) is 3.29. The molecule has 1 N–H and O–H groups in total. The van der Waals surface area contributed by atoms with Crippen LogP contribution in [0.3, 0.4) is 0 Å². The van der Waals surface area contributed by atoms with E-state index in [0.29, 0.717) is 5.39 Å². The molecule has 1 fully saturated rings. The van der Waals surface area contributed by atoms with Crippen molar-refractivity contribution in [2.24, 2.45) is 0 Å². The third kappa shape index (κ3) is 3.62. The number of nitrogens with zero attached hydrogens (tertiary/aromatic N) is 2. The minimum Gasteiger partial charge on any atom is -0.406 e. The zero-order valence-electron chi connectivity index (χ0n) is 14.0. The van der Waals surface area contributed by atoms with Gasteiger partial charge in [-0.25, -0.2) is 9.18 Å². The second-order valence-electron chi connectivity index (χ2n) is 6.26. The molecule has 10 heteroatoms. The maximum absolute atomic E-state index is 13.3. The van der Waals surface area contributed by atoms with Gasteiger partial charge >= 0.3 is 12.1 Å². The number of halogens is 5. The Morgan fingerprint density at radius 1 is 1.21 bits per heavy atom. The van der Waals surface area contributed by atoms with Crippen LogP contribution < -0.4 is 15.7 Å². The maximum Gasteiger partial charge on any atom is 0.573 e. The molecule has 28 heavy (non-hydrogen) atoms. The van der Waals surface area contributed by atoms with E-state index in [-0.39, 0.29) is 28.5 Å². The lowest BCUT2D eigenvalue weighted by Crippen LogP contribution is -2.24. The zero-order chi connectivity index (χ0) is 20.1. The zero-order valence-corrected chi connectivity index (χ0v) is 14.8. The molecule has 0 aliphatic heterocycles. The molecule has 0 saturated heterocycles. The highest BCUT2D eigenvalue weighted by atomic mass is 35.5. The first kappa shape index (κ1) is 18.5. The molecule has 5 nitrogen and oxygen atoms in total. The predicted molar refractivity (Wildman–Crippen MR) is 96.0 cm³/mol. The van der Waals surface area contributed by atoms with Gasteiger partial charge in [-0.3, -0.25) is 4.57 Å². The summed E-state index contributed by atoms with van der Waals surface area (Å²) in [7, 11) is 0. The van der Waals surface area contributed by atoms with Gasteiger partial charge in [0.25, 0.3) is 0 Å². The fraction of sp³-hybridized carbons (Fsp3) is 0.222. The van der Waals surface area contributed by atoms with Crippen LogP contribution in [0.4, 0.5) is 23.4 Å². The van der Waals surface area contributed by atoms with Gasteiger partial charge < -0.3 is 10.1 Å². The minimum atomic E-state index is -4.90. The predicted octanol–water partition coefficient (Wildman–Crippen LogP) is 4.46. The fourth-order valence-corrected chi connectivity index (χ4v) is 3.09. The highest BCUT2D eigenvalue weighted by Crippen LogP contribution is 2.34. The SMILES string of the molecule is O=c1nc(N[C@H]2C[C@@H]2F)c2ccc(OC(F)(F)F)cc2n1-c1ccccc1Cl. The van der Waals surface area contributed by atoms with Gasteiger partial charge in [-0.1, -0.05) is 23.7 Å². The van der Waals surface area contributed by atoms with Crippen LogP contribution in [0.5, 0.6) is 5.75 Å². The molecule has 1 aliphatic carbocycles. The van der Waals surface area contributed by atoms with Gasteiger partial charge in [0, 0.05) is 17.9 Å². The van der Waals surface area contributed by atoms with Crippen molar-refractivity contribution in [1.82, 2.24) is 9.55 Å². The molecule has 0 bridgehead atoms. The Kier molecular flexibility index (Phi) is 4.41. The highest BCUT2D eigenvalue weighted by Gasteiger charge is 2.38. The molecular formula is C18H12ClF4N3O2. The fourth-order valence-electron chi connectivity index (χ4n) is 2.87. The normalized spacial score (nSPS) is 18.9. The van der Waals surface area contributed by atoms with Crippen molar-refractivity contribution in [3.63, 3.8) is 0 Å². The van der Waals surface area contributed by atoms with E-state index in [1.54, 1.807) is 12.1 Å². The van der Waals surface area contributed by atoms with Gasteiger partial charge in [0.2, 0.25) is 0 Å². The molecule has 1 aromatic heterocycles. The van der Waals surface area contributed by atoms with Crippen LogP contribution in [0.15, 0.2) is 47.3 Å². The topological polar surface area (TPSA) is 56.1 Å². The number of aromatic nitrogens is 2. The molecule has 0 unspecified atom stereocenters. The standard InChI is InChI=1S/C18H12ClF4N3O2/c19-11-3-1-2-4-14(11)26-15-7-9(28-18(21,22)23)5-6-10(15)16(25-17(26)27)24-13-8-12(13)20/h1-7,12-13H,8H2,(H,24,25,27)/t12-,13-/m0/s1. The first-order valence-electron chi connectivity index (χ1n) is 8.21. The summed E-state index contributed by atoms with van der Waals surface area (Å²) >= 11 is 6.17. The van der Waals surface area contributed by atoms with Crippen LogP contribution in [-0.4, -0.2) is 28.1 Å². The first-order valence-corrected chi connectivity index (χ1v) is 8.59. The molecule has 1 saturated carbocycles. The summed E-state index contributed by atoms with van der Waals surface area (Å²) in [5.41, 5.74) is -0.436. The van der Waals surface area contributed by atoms with Crippen LogP contribution in [0, 0.1) is 0 Å². The third-order valence-electron chi connectivity index (χ3n) is 4.23. The highest BCUT2D eigenvalue weighted by molar-refractivity contribution is 6.32. The Hall–Kier alpha value is -2.81. The second-order valence-corrected chi connectivity index (χ2v) is 6.67. The van der Waals surface area contributed by atoms with Gasteiger partial charge in [0.1, 0.15) is 17.7 Å². The number of para-hydroxylation sites is 1. The molecule has 0 amide bonds. The smallest absolute Gasteiger partial charge is 0.406 e. The summed E-state index contributed by atoms with van der Waals surface area (Å²) in [6.45, 7) is 0. The number of alkyl halides is 4. The largest absolute Gasteiger partial charge is 0.573 e. The number of anilines is 1.